The molecule has 2 N–H and O–H groups in total. The first-order valence-corrected chi connectivity index (χ1v) is 6.96. The van der Waals surface area contributed by atoms with Gasteiger partial charge in [0.25, 0.3) is 0 Å². The first-order valence-electron chi connectivity index (χ1n) is 6.96. The lowest BCUT2D eigenvalue weighted by Crippen LogP contribution is -2.52. The standard InChI is InChI=1S/C14H21F2N3O3/c1-12(2,3)22-11(21)18-9(7-13(4,15)16)10(20)19-14(8-17)5-6-14/h9H,5-7H2,1-4H3,(H,18,21)(H,19,20). The number of halogens is 2. The van der Waals surface area contributed by atoms with E-state index >= 15 is 0 Å². The summed E-state index contributed by atoms with van der Waals surface area (Å²) >= 11 is 0. The van der Waals surface area contributed by atoms with E-state index in [1.165, 1.54) is 0 Å². The van der Waals surface area contributed by atoms with Crippen molar-refractivity contribution >= 4 is 12.0 Å². The van der Waals surface area contributed by atoms with Gasteiger partial charge in [0.1, 0.15) is 17.2 Å². The monoisotopic (exact) mass is 317 g/mol. The van der Waals surface area contributed by atoms with E-state index in [9.17, 15) is 18.4 Å². The third kappa shape index (κ3) is 6.24. The maximum absolute atomic E-state index is 13.2. The summed E-state index contributed by atoms with van der Waals surface area (Å²) < 4.78 is 31.4. The third-order valence-corrected chi connectivity index (χ3v) is 2.90. The molecular formula is C14H21F2N3O3. The molecule has 0 aromatic rings. The number of amides is 2. The lowest BCUT2D eigenvalue weighted by Gasteiger charge is -2.25. The quantitative estimate of drug-likeness (QED) is 0.812. The molecule has 1 saturated carbocycles. The van der Waals surface area contributed by atoms with Crippen LogP contribution in [0.15, 0.2) is 0 Å². The van der Waals surface area contributed by atoms with Crippen molar-refractivity contribution in [1.82, 2.24) is 10.6 Å². The maximum atomic E-state index is 13.2. The molecular weight excluding hydrogens is 296 g/mol. The topological polar surface area (TPSA) is 91.2 Å². The Morgan fingerprint density at radius 2 is 1.86 bits per heavy atom. The molecule has 22 heavy (non-hydrogen) atoms. The largest absolute Gasteiger partial charge is 0.444 e. The summed E-state index contributed by atoms with van der Waals surface area (Å²) in [5.74, 6) is -3.97. The molecule has 1 unspecified atom stereocenters. The summed E-state index contributed by atoms with van der Waals surface area (Å²) in [5.41, 5.74) is -1.81. The molecule has 1 fully saturated rings. The summed E-state index contributed by atoms with van der Waals surface area (Å²) in [6.07, 6.45) is -0.897. The number of nitriles is 1. The number of nitrogens with one attached hydrogen (secondary N) is 2. The van der Waals surface area contributed by atoms with Gasteiger partial charge >= 0.3 is 6.09 Å². The lowest BCUT2D eigenvalue weighted by molar-refractivity contribution is -0.126. The van der Waals surface area contributed by atoms with Gasteiger partial charge in [0, 0.05) is 6.42 Å². The van der Waals surface area contributed by atoms with Crippen LogP contribution in [0.3, 0.4) is 0 Å². The number of ether oxygens (including phenoxy) is 1. The molecule has 0 aliphatic heterocycles. The van der Waals surface area contributed by atoms with Crippen molar-refractivity contribution in [3.05, 3.63) is 0 Å². The maximum Gasteiger partial charge on any atom is 0.408 e. The second-order valence-corrected chi connectivity index (χ2v) is 6.66. The van der Waals surface area contributed by atoms with Crippen LogP contribution in [0.4, 0.5) is 13.6 Å². The Morgan fingerprint density at radius 1 is 1.32 bits per heavy atom. The molecule has 1 rings (SSSR count). The van der Waals surface area contributed by atoms with Gasteiger partial charge in [0.05, 0.1) is 6.07 Å². The molecule has 0 bridgehead atoms. The van der Waals surface area contributed by atoms with Crippen LogP contribution in [-0.4, -0.2) is 35.1 Å². The summed E-state index contributed by atoms with van der Waals surface area (Å²) in [4.78, 5) is 23.8. The van der Waals surface area contributed by atoms with Crippen LogP contribution in [0, 0.1) is 11.3 Å². The Hall–Kier alpha value is -1.91. The van der Waals surface area contributed by atoms with Crippen molar-refractivity contribution in [3.8, 4) is 6.07 Å². The van der Waals surface area contributed by atoms with Crippen molar-refractivity contribution in [2.45, 2.75) is 70.1 Å². The first kappa shape index (κ1) is 18.1. The van der Waals surface area contributed by atoms with Crippen LogP contribution in [0.5, 0.6) is 0 Å². The fraction of sp³-hybridized carbons (Fsp3) is 0.786. The SMILES string of the molecule is CC(F)(F)CC(NC(=O)OC(C)(C)C)C(=O)NC1(C#N)CC1. The van der Waals surface area contributed by atoms with E-state index in [0.29, 0.717) is 19.8 Å². The smallest absolute Gasteiger partial charge is 0.408 e. The highest BCUT2D eigenvalue weighted by Crippen LogP contribution is 2.34. The number of carbonyl (C=O) groups excluding carboxylic acids is 2. The van der Waals surface area contributed by atoms with E-state index < -0.39 is 41.5 Å². The summed E-state index contributed by atoms with van der Waals surface area (Å²) in [7, 11) is 0. The number of alkyl halides is 2. The minimum Gasteiger partial charge on any atom is -0.444 e. The van der Waals surface area contributed by atoms with E-state index in [1.807, 2.05) is 6.07 Å². The molecule has 1 aliphatic carbocycles. The zero-order chi connectivity index (χ0) is 17.2. The molecule has 124 valence electrons. The van der Waals surface area contributed by atoms with Crippen LogP contribution >= 0.6 is 0 Å². The second kappa shape index (κ2) is 6.07. The van der Waals surface area contributed by atoms with Gasteiger partial charge in [-0.1, -0.05) is 0 Å². The van der Waals surface area contributed by atoms with Gasteiger partial charge in [-0.3, -0.25) is 4.79 Å². The van der Waals surface area contributed by atoms with Crippen LogP contribution in [0.25, 0.3) is 0 Å². The zero-order valence-electron chi connectivity index (χ0n) is 13.1. The number of hydrogen-bond acceptors (Lipinski definition) is 4. The molecule has 8 heteroatoms. The highest BCUT2D eigenvalue weighted by molar-refractivity contribution is 5.87. The molecule has 0 spiro atoms. The van der Waals surface area contributed by atoms with E-state index in [4.69, 9.17) is 10.00 Å². The lowest BCUT2D eigenvalue weighted by atomic mass is 10.1. The fourth-order valence-electron chi connectivity index (χ4n) is 1.73. The molecule has 6 nitrogen and oxygen atoms in total. The van der Waals surface area contributed by atoms with Gasteiger partial charge in [-0.2, -0.15) is 5.26 Å². The molecule has 0 heterocycles. The number of nitrogens with zero attached hydrogens (tertiary/aromatic N) is 1. The Morgan fingerprint density at radius 3 is 2.23 bits per heavy atom. The molecule has 0 aromatic heterocycles. The Labute approximate surface area is 128 Å². The predicted molar refractivity (Wildman–Crippen MR) is 74.1 cm³/mol. The number of rotatable bonds is 5. The van der Waals surface area contributed by atoms with E-state index in [0.717, 1.165) is 0 Å². The van der Waals surface area contributed by atoms with Crippen molar-refractivity contribution in [2.75, 3.05) is 0 Å². The van der Waals surface area contributed by atoms with Gasteiger partial charge in [-0.05, 0) is 40.5 Å². The van der Waals surface area contributed by atoms with Crippen molar-refractivity contribution in [3.63, 3.8) is 0 Å². The third-order valence-electron chi connectivity index (χ3n) is 2.90. The normalized spacial score (nSPS) is 17.9. The van der Waals surface area contributed by atoms with Crippen molar-refractivity contribution < 1.29 is 23.1 Å². The Kier molecular flexibility index (Phi) is 5.00. The summed E-state index contributed by atoms with van der Waals surface area (Å²) in [6, 6.07) is 0.458. The Bertz CT molecular complexity index is 485. The predicted octanol–water partition coefficient (Wildman–Crippen LogP) is 2.10. The van der Waals surface area contributed by atoms with Crippen LogP contribution in [0.1, 0.15) is 47.0 Å². The average molecular weight is 317 g/mol. The molecule has 0 radical (unpaired) electrons. The minimum absolute atomic E-state index is 0.469. The summed E-state index contributed by atoms with van der Waals surface area (Å²) in [6.45, 7) is 5.50. The van der Waals surface area contributed by atoms with Gasteiger partial charge < -0.3 is 15.4 Å². The van der Waals surface area contributed by atoms with Crippen LogP contribution in [-0.2, 0) is 9.53 Å². The van der Waals surface area contributed by atoms with Gasteiger partial charge in [-0.25, -0.2) is 13.6 Å². The Balaban J connectivity index is 2.73. The van der Waals surface area contributed by atoms with Crippen molar-refractivity contribution in [2.24, 2.45) is 0 Å². The highest BCUT2D eigenvalue weighted by Gasteiger charge is 2.46. The molecule has 0 aromatic carbocycles. The first-order chi connectivity index (χ1) is 9.86. The van der Waals surface area contributed by atoms with Crippen LogP contribution in [0.2, 0.25) is 0 Å². The average Bonchev–Trinajstić information content (AvgIpc) is 3.04. The number of carbonyl (C=O) groups is 2. The van der Waals surface area contributed by atoms with E-state index in [1.54, 1.807) is 20.8 Å². The second-order valence-electron chi connectivity index (χ2n) is 6.66. The van der Waals surface area contributed by atoms with E-state index in [2.05, 4.69) is 10.6 Å². The van der Waals surface area contributed by atoms with Crippen molar-refractivity contribution in [1.29, 1.82) is 5.26 Å². The fourth-order valence-corrected chi connectivity index (χ4v) is 1.73. The number of alkyl carbamates (subject to hydrolysis) is 1. The molecule has 2 amide bonds. The van der Waals surface area contributed by atoms with Gasteiger partial charge in [0.15, 0.2) is 0 Å². The zero-order valence-corrected chi connectivity index (χ0v) is 13.1. The van der Waals surface area contributed by atoms with Crippen LogP contribution < -0.4 is 10.6 Å². The van der Waals surface area contributed by atoms with Gasteiger partial charge in [0.2, 0.25) is 11.8 Å². The van der Waals surface area contributed by atoms with E-state index in [-0.39, 0.29) is 0 Å². The minimum atomic E-state index is -3.15. The highest BCUT2D eigenvalue weighted by atomic mass is 19.3. The molecule has 0 saturated heterocycles. The number of hydrogen-bond donors (Lipinski definition) is 2. The molecule has 1 atom stereocenters. The van der Waals surface area contributed by atoms with Gasteiger partial charge in [-0.15, -0.1) is 0 Å². The summed E-state index contributed by atoms with van der Waals surface area (Å²) in [5, 5.41) is 13.5. The molecule has 1 aliphatic rings.